The highest BCUT2D eigenvalue weighted by Crippen LogP contribution is 2.26. The predicted octanol–water partition coefficient (Wildman–Crippen LogP) is 2.49. The molecule has 0 bridgehead atoms. The second kappa shape index (κ2) is 6.16. The largest absolute Gasteiger partial charge is 0.392 e. The Bertz CT molecular complexity index is 458. The maximum Gasteiger partial charge on any atom is 0.269 e. The van der Waals surface area contributed by atoms with Crippen molar-refractivity contribution in [3.05, 3.63) is 46.0 Å². The van der Waals surface area contributed by atoms with Gasteiger partial charge in [0.05, 0.1) is 11.5 Å². The lowest BCUT2D eigenvalue weighted by molar-refractivity contribution is -0.384. The topological polar surface area (TPSA) is 66.6 Å². The number of aliphatic hydroxyl groups excluding tert-OH is 1. The smallest absolute Gasteiger partial charge is 0.269 e. The average Bonchev–Trinajstić information content (AvgIpc) is 2.34. The second-order valence-corrected chi connectivity index (χ2v) is 4.20. The normalized spacial score (nSPS) is 10.2. The number of benzene rings is 1. The number of nitro groups is 1. The highest BCUT2D eigenvalue weighted by atomic mass is 16.6. The van der Waals surface area contributed by atoms with Crippen LogP contribution in [0.4, 0.5) is 11.4 Å². The van der Waals surface area contributed by atoms with Gasteiger partial charge in [0.15, 0.2) is 0 Å². The van der Waals surface area contributed by atoms with Crippen LogP contribution in [0.25, 0.3) is 0 Å². The quantitative estimate of drug-likeness (QED) is 0.478. The van der Waals surface area contributed by atoms with E-state index in [9.17, 15) is 15.2 Å². The molecule has 98 valence electrons. The van der Waals surface area contributed by atoms with Gasteiger partial charge in [-0.1, -0.05) is 12.2 Å². The fourth-order valence-electron chi connectivity index (χ4n) is 1.81. The third-order valence-electron chi connectivity index (χ3n) is 2.63. The summed E-state index contributed by atoms with van der Waals surface area (Å²) >= 11 is 0. The number of hydrogen-bond donors (Lipinski definition) is 1. The fraction of sp³-hybridized carbons (Fsp3) is 0.385. The predicted molar refractivity (Wildman–Crippen MR) is 71.7 cm³/mol. The molecule has 5 heteroatoms. The monoisotopic (exact) mass is 250 g/mol. The van der Waals surface area contributed by atoms with Gasteiger partial charge in [0, 0.05) is 36.5 Å². The van der Waals surface area contributed by atoms with Crippen molar-refractivity contribution in [2.75, 3.05) is 18.0 Å². The van der Waals surface area contributed by atoms with Crippen molar-refractivity contribution < 1.29 is 10.0 Å². The lowest BCUT2D eigenvalue weighted by atomic mass is 10.1. The summed E-state index contributed by atoms with van der Waals surface area (Å²) in [6.45, 7) is 8.97. The molecule has 0 unspecified atom stereocenters. The van der Waals surface area contributed by atoms with Crippen LogP contribution in [-0.2, 0) is 6.61 Å². The van der Waals surface area contributed by atoms with Gasteiger partial charge in [0.1, 0.15) is 0 Å². The Morgan fingerprint density at radius 2 is 2.22 bits per heavy atom. The van der Waals surface area contributed by atoms with Crippen LogP contribution in [0.15, 0.2) is 30.4 Å². The zero-order valence-corrected chi connectivity index (χ0v) is 10.7. The summed E-state index contributed by atoms with van der Waals surface area (Å²) in [6.07, 6.45) is 0. The van der Waals surface area contributed by atoms with Crippen LogP contribution < -0.4 is 4.90 Å². The third-order valence-corrected chi connectivity index (χ3v) is 2.63. The zero-order valence-electron chi connectivity index (χ0n) is 10.7. The molecule has 0 radical (unpaired) electrons. The van der Waals surface area contributed by atoms with Gasteiger partial charge in [-0.15, -0.1) is 0 Å². The Morgan fingerprint density at radius 3 is 2.67 bits per heavy atom. The first-order valence-corrected chi connectivity index (χ1v) is 5.77. The molecule has 0 aliphatic heterocycles. The van der Waals surface area contributed by atoms with Crippen LogP contribution in [0.5, 0.6) is 0 Å². The van der Waals surface area contributed by atoms with Gasteiger partial charge < -0.3 is 10.0 Å². The maximum absolute atomic E-state index is 10.7. The summed E-state index contributed by atoms with van der Waals surface area (Å²) in [4.78, 5) is 12.3. The number of likely N-dealkylation sites (N-methyl/N-ethyl adjacent to an activating group) is 1. The van der Waals surface area contributed by atoms with Gasteiger partial charge in [-0.25, -0.2) is 0 Å². The van der Waals surface area contributed by atoms with Crippen molar-refractivity contribution >= 4 is 11.4 Å². The molecule has 1 N–H and O–H groups in total. The van der Waals surface area contributed by atoms with E-state index in [2.05, 4.69) is 6.58 Å². The lowest BCUT2D eigenvalue weighted by Gasteiger charge is -2.25. The Balaban J connectivity index is 3.14. The van der Waals surface area contributed by atoms with E-state index >= 15 is 0 Å². The van der Waals surface area contributed by atoms with Crippen LogP contribution in [0.3, 0.4) is 0 Å². The number of non-ortho nitro benzene ring substituents is 1. The van der Waals surface area contributed by atoms with E-state index in [-0.39, 0.29) is 12.3 Å². The molecule has 5 nitrogen and oxygen atoms in total. The standard InChI is InChI=1S/C13H18N2O3/c1-4-14(8-10(2)3)13-6-5-12(15(17)18)7-11(13)9-16/h5-7,16H,2,4,8-9H2,1,3H3. The zero-order chi connectivity index (χ0) is 13.7. The van der Waals surface area contributed by atoms with E-state index in [1.54, 1.807) is 6.07 Å². The van der Waals surface area contributed by atoms with Crippen molar-refractivity contribution in [2.24, 2.45) is 0 Å². The molecule has 0 amide bonds. The molecule has 1 rings (SSSR count). The van der Waals surface area contributed by atoms with Crippen molar-refractivity contribution in [1.29, 1.82) is 0 Å². The van der Waals surface area contributed by atoms with Crippen molar-refractivity contribution in [3.8, 4) is 0 Å². The number of nitrogens with zero attached hydrogens (tertiary/aromatic N) is 2. The summed E-state index contributed by atoms with van der Waals surface area (Å²) in [5.74, 6) is 0. The minimum atomic E-state index is -0.460. The molecule has 0 heterocycles. The Labute approximate surface area is 107 Å². The van der Waals surface area contributed by atoms with Crippen molar-refractivity contribution in [1.82, 2.24) is 0 Å². The summed E-state index contributed by atoms with van der Waals surface area (Å²) in [5, 5.41) is 20.0. The first-order valence-electron chi connectivity index (χ1n) is 5.77. The van der Waals surface area contributed by atoms with Crippen LogP contribution in [-0.4, -0.2) is 23.1 Å². The Hall–Kier alpha value is -1.88. The van der Waals surface area contributed by atoms with Crippen molar-refractivity contribution in [2.45, 2.75) is 20.5 Å². The molecule has 0 saturated heterocycles. The van der Waals surface area contributed by atoms with E-state index in [1.807, 2.05) is 18.7 Å². The highest BCUT2D eigenvalue weighted by Gasteiger charge is 2.14. The molecule has 0 aromatic heterocycles. The second-order valence-electron chi connectivity index (χ2n) is 4.20. The van der Waals surface area contributed by atoms with E-state index in [1.165, 1.54) is 12.1 Å². The molecular formula is C13H18N2O3. The number of rotatable bonds is 6. The van der Waals surface area contributed by atoms with Gasteiger partial charge in [0.25, 0.3) is 5.69 Å². The highest BCUT2D eigenvalue weighted by molar-refractivity contribution is 5.58. The van der Waals surface area contributed by atoms with Gasteiger partial charge in [-0.3, -0.25) is 10.1 Å². The van der Waals surface area contributed by atoms with E-state index < -0.39 is 4.92 Å². The van der Waals surface area contributed by atoms with Crippen molar-refractivity contribution in [3.63, 3.8) is 0 Å². The minimum absolute atomic E-state index is 0.00539. The molecule has 1 aromatic rings. The van der Waals surface area contributed by atoms with Crippen LogP contribution in [0, 0.1) is 10.1 Å². The fourth-order valence-corrected chi connectivity index (χ4v) is 1.81. The Morgan fingerprint density at radius 1 is 1.56 bits per heavy atom. The first kappa shape index (κ1) is 14.2. The summed E-state index contributed by atoms with van der Waals surface area (Å²) in [5.41, 5.74) is 2.37. The van der Waals surface area contributed by atoms with E-state index in [0.29, 0.717) is 12.1 Å². The molecule has 1 aromatic carbocycles. The lowest BCUT2D eigenvalue weighted by Crippen LogP contribution is -2.25. The van der Waals surface area contributed by atoms with Gasteiger partial charge in [-0.2, -0.15) is 0 Å². The SMILES string of the molecule is C=C(C)CN(CC)c1ccc([N+](=O)[O-])cc1CO. The average molecular weight is 250 g/mol. The van der Waals surface area contributed by atoms with Gasteiger partial charge in [-0.05, 0) is 19.9 Å². The molecule has 0 aliphatic rings. The summed E-state index contributed by atoms with van der Waals surface area (Å²) in [6, 6.07) is 4.54. The van der Waals surface area contributed by atoms with E-state index in [0.717, 1.165) is 17.8 Å². The number of aliphatic hydroxyl groups is 1. The van der Waals surface area contributed by atoms with E-state index in [4.69, 9.17) is 0 Å². The molecular weight excluding hydrogens is 232 g/mol. The maximum atomic E-state index is 10.7. The molecule has 0 aliphatic carbocycles. The molecule has 0 atom stereocenters. The number of nitro benzene ring substituents is 1. The first-order chi connectivity index (χ1) is 8.49. The van der Waals surface area contributed by atoms with Crippen LogP contribution in [0.2, 0.25) is 0 Å². The number of anilines is 1. The van der Waals surface area contributed by atoms with Crippen LogP contribution >= 0.6 is 0 Å². The molecule has 0 fully saturated rings. The minimum Gasteiger partial charge on any atom is -0.392 e. The third kappa shape index (κ3) is 3.30. The molecule has 18 heavy (non-hydrogen) atoms. The number of hydrogen-bond acceptors (Lipinski definition) is 4. The van der Waals surface area contributed by atoms with Crippen LogP contribution in [0.1, 0.15) is 19.4 Å². The van der Waals surface area contributed by atoms with Gasteiger partial charge >= 0.3 is 0 Å². The summed E-state index contributed by atoms with van der Waals surface area (Å²) in [7, 11) is 0. The Kier molecular flexibility index (Phi) is 4.85. The molecule has 0 spiro atoms. The summed E-state index contributed by atoms with van der Waals surface area (Å²) < 4.78 is 0. The van der Waals surface area contributed by atoms with Gasteiger partial charge in [0.2, 0.25) is 0 Å². The molecule has 0 saturated carbocycles.